The molecule has 0 atom stereocenters. The van der Waals surface area contributed by atoms with Gasteiger partial charge in [-0.15, -0.1) is 0 Å². The molecule has 2 fully saturated rings. The number of hydrogen-bond donors (Lipinski definition) is 0. The maximum atomic E-state index is 13.3. The summed E-state index contributed by atoms with van der Waals surface area (Å²) in [7, 11) is -3.61. The van der Waals surface area contributed by atoms with Crippen LogP contribution in [-0.2, 0) is 16.6 Å². The van der Waals surface area contributed by atoms with Gasteiger partial charge in [-0.25, -0.2) is 8.42 Å². The molecular formula is C25H27ClN4O3S. The lowest BCUT2D eigenvalue weighted by Crippen LogP contribution is -2.48. The van der Waals surface area contributed by atoms with E-state index in [1.807, 2.05) is 18.3 Å². The average molecular weight is 499 g/mol. The zero-order valence-electron chi connectivity index (χ0n) is 18.9. The Morgan fingerprint density at radius 2 is 1.68 bits per heavy atom. The monoisotopic (exact) mass is 498 g/mol. The van der Waals surface area contributed by atoms with Crippen LogP contribution in [0, 0.1) is 0 Å². The third kappa shape index (κ3) is 4.55. The second-order valence-electron chi connectivity index (χ2n) is 8.81. The van der Waals surface area contributed by atoms with Crippen molar-refractivity contribution in [3.05, 3.63) is 70.9 Å². The van der Waals surface area contributed by atoms with Crippen molar-refractivity contribution in [3.8, 4) is 0 Å². The SMILES string of the molecule is O=C(c1cc(S(=O)(=O)N2CCCC2)ccc1Cl)N1CCN(Cc2cccc3cccnc23)CC1. The summed E-state index contributed by atoms with van der Waals surface area (Å²) in [5.41, 5.74) is 2.42. The van der Waals surface area contributed by atoms with E-state index in [1.54, 1.807) is 4.90 Å². The molecular weight excluding hydrogens is 472 g/mol. The lowest BCUT2D eigenvalue weighted by Gasteiger charge is -2.35. The molecule has 2 aromatic carbocycles. The standard InChI is InChI=1S/C25H27ClN4O3S/c26-23-9-8-21(34(32,33)30-11-1-2-12-30)17-22(23)25(31)29-15-13-28(14-16-29)18-20-6-3-5-19-7-4-10-27-24(19)20/h3-10,17H,1-2,11-16,18H2. The highest BCUT2D eigenvalue weighted by molar-refractivity contribution is 7.89. The van der Waals surface area contributed by atoms with Crippen molar-refractivity contribution in [2.45, 2.75) is 24.3 Å². The van der Waals surface area contributed by atoms with Crippen LogP contribution in [0.3, 0.4) is 0 Å². The van der Waals surface area contributed by atoms with E-state index in [-0.39, 0.29) is 21.4 Å². The van der Waals surface area contributed by atoms with Crippen molar-refractivity contribution in [3.63, 3.8) is 0 Å². The molecule has 9 heteroatoms. The Balaban J connectivity index is 1.28. The molecule has 34 heavy (non-hydrogen) atoms. The molecule has 5 rings (SSSR count). The van der Waals surface area contributed by atoms with Gasteiger partial charge in [-0.05, 0) is 42.7 Å². The number of piperazine rings is 1. The highest BCUT2D eigenvalue weighted by atomic mass is 35.5. The van der Waals surface area contributed by atoms with Gasteiger partial charge in [0.05, 0.1) is 21.0 Å². The van der Waals surface area contributed by atoms with Crippen LogP contribution in [0.15, 0.2) is 59.6 Å². The zero-order chi connectivity index (χ0) is 23.7. The van der Waals surface area contributed by atoms with Gasteiger partial charge in [-0.3, -0.25) is 14.7 Å². The lowest BCUT2D eigenvalue weighted by molar-refractivity contribution is 0.0629. The number of carbonyl (C=O) groups excluding carboxylic acids is 1. The van der Waals surface area contributed by atoms with Gasteiger partial charge >= 0.3 is 0 Å². The number of aromatic nitrogens is 1. The maximum Gasteiger partial charge on any atom is 0.255 e. The fourth-order valence-electron chi connectivity index (χ4n) is 4.72. The molecule has 7 nitrogen and oxygen atoms in total. The molecule has 1 aromatic heterocycles. The number of sulfonamides is 1. The molecule has 0 unspecified atom stereocenters. The van der Waals surface area contributed by atoms with Crippen LogP contribution in [0.2, 0.25) is 5.02 Å². The van der Waals surface area contributed by atoms with E-state index >= 15 is 0 Å². The normalized spacial score (nSPS) is 18.0. The summed E-state index contributed by atoms with van der Waals surface area (Å²) in [6.07, 6.45) is 3.53. The number of benzene rings is 2. The molecule has 3 heterocycles. The number of pyridine rings is 1. The van der Waals surface area contributed by atoms with Gasteiger partial charge < -0.3 is 4.90 Å². The predicted molar refractivity (Wildman–Crippen MR) is 132 cm³/mol. The van der Waals surface area contributed by atoms with Crippen LogP contribution in [0.5, 0.6) is 0 Å². The fourth-order valence-corrected chi connectivity index (χ4v) is 6.46. The first-order valence-electron chi connectivity index (χ1n) is 11.6. The Morgan fingerprint density at radius 1 is 0.941 bits per heavy atom. The quantitative estimate of drug-likeness (QED) is 0.537. The number of halogens is 1. The first kappa shape index (κ1) is 23.2. The Kier molecular flexibility index (Phi) is 6.57. The minimum atomic E-state index is -3.61. The van der Waals surface area contributed by atoms with Crippen molar-refractivity contribution in [1.29, 1.82) is 0 Å². The minimum absolute atomic E-state index is 0.129. The van der Waals surface area contributed by atoms with E-state index in [4.69, 9.17) is 11.6 Å². The van der Waals surface area contributed by atoms with E-state index in [0.29, 0.717) is 26.2 Å². The molecule has 2 aliphatic rings. The zero-order valence-corrected chi connectivity index (χ0v) is 20.4. The van der Waals surface area contributed by atoms with Crippen molar-refractivity contribution in [2.24, 2.45) is 0 Å². The highest BCUT2D eigenvalue weighted by Crippen LogP contribution is 2.27. The van der Waals surface area contributed by atoms with Crippen LogP contribution in [0.1, 0.15) is 28.8 Å². The van der Waals surface area contributed by atoms with Crippen LogP contribution < -0.4 is 0 Å². The molecule has 0 bridgehead atoms. The predicted octanol–water partition coefficient (Wildman–Crippen LogP) is 3.63. The third-order valence-corrected chi connectivity index (χ3v) is 8.86. The minimum Gasteiger partial charge on any atom is -0.336 e. The second kappa shape index (κ2) is 9.62. The van der Waals surface area contributed by atoms with Gasteiger partial charge in [0.15, 0.2) is 0 Å². The van der Waals surface area contributed by atoms with Gasteiger partial charge in [-0.1, -0.05) is 35.9 Å². The second-order valence-corrected chi connectivity index (χ2v) is 11.2. The third-order valence-electron chi connectivity index (χ3n) is 6.64. The van der Waals surface area contributed by atoms with Crippen LogP contribution in [-0.4, -0.2) is 72.7 Å². The Morgan fingerprint density at radius 3 is 2.44 bits per heavy atom. The molecule has 0 N–H and O–H groups in total. The molecule has 2 saturated heterocycles. The van der Waals surface area contributed by atoms with E-state index in [1.165, 1.54) is 28.1 Å². The summed E-state index contributed by atoms with van der Waals surface area (Å²) in [4.78, 5) is 22.0. The van der Waals surface area contributed by atoms with Crippen LogP contribution in [0.4, 0.5) is 0 Å². The number of nitrogens with zero attached hydrogens (tertiary/aromatic N) is 4. The largest absolute Gasteiger partial charge is 0.336 e. The van der Waals surface area contributed by atoms with Crippen molar-refractivity contribution in [2.75, 3.05) is 39.3 Å². The molecule has 3 aromatic rings. The molecule has 178 valence electrons. The topological polar surface area (TPSA) is 73.8 Å². The Hall–Kier alpha value is -2.52. The highest BCUT2D eigenvalue weighted by Gasteiger charge is 2.30. The number of para-hydroxylation sites is 1. The van der Waals surface area contributed by atoms with Gasteiger partial charge in [0.2, 0.25) is 10.0 Å². The molecule has 2 aliphatic heterocycles. The smallest absolute Gasteiger partial charge is 0.255 e. The Bertz CT molecular complexity index is 1310. The molecule has 0 spiro atoms. The molecule has 0 radical (unpaired) electrons. The number of hydrogen-bond acceptors (Lipinski definition) is 5. The first-order chi connectivity index (χ1) is 16.4. The molecule has 0 saturated carbocycles. The summed E-state index contributed by atoms with van der Waals surface area (Å²) >= 11 is 6.34. The summed E-state index contributed by atoms with van der Waals surface area (Å²) < 4.78 is 27.4. The van der Waals surface area contributed by atoms with E-state index < -0.39 is 10.0 Å². The number of rotatable bonds is 5. The van der Waals surface area contributed by atoms with E-state index in [9.17, 15) is 13.2 Å². The van der Waals surface area contributed by atoms with Crippen LogP contribution >= 0.6 is 11.6 Å². The van der Waals surface area contributed by atoms with Gasteiger partial charge in [0.1, 0.15) is 0 Å². The molecule has 1 amide bonds. The Labute approximate surface area is 205 Å². The number of fused-ring (bicyclic) bond motifs is 1. The van der Waals surface area contributed by atoms with E-state index in [0.717, 1.165) is 43.4 Å². The van der Waals surface area contributed by atoms with Crippen molar-refractivity contribution >= 4 is 38.4 Å². The summed E-state index contributed by atoms with van der Waals surface area (Å²) in [5, 5.41) is 1.39. The van der Waals surface area contributed by atoms with Gasteiger partial charge in [0, 0.05) is 57.4 Å². The molecule has 0 aliphatic carbocycles. The van der Waals surface area contributed by atoms with Crippen LogP contribution in [0.25, 0.3) is 10.9 Å². The van der Waals surface area contributed by atoms with Crippen molar-refractivity contribution in [1.82, 2.24) is 19.1 Å². The van der Waals surface area contributed by atoms with Crippen molar-refractivity contribution < 1.29 is 13.2 Å². The number of amides is 1. The van der Waals surface area contributed by atoms with E-state index in [2.05, 4.69) is 28.1 Å². The summed E-state index contributed by atoms with van der Waals surface area (Å²) in [5.74, 6) is -0.227. The summed E-state index contributed by atoms with van der Waals surface area (Å²) in [6, 6.07) is 14.6. The number of carbonyl (C=O) groups is 1. The lowest BCUT2D eigenvalue weighted by atomic mass is 10.1. The average Bonchev–Trinajstić information content (AvgIpc) is 3.41. The first-order valence-corrected chi connectivity index (χ1v) is 13.4. The fraction of sp³-hybridized carbons (Fsp3) is 0.360. The van der Waals surface area contributed by atoms with Gasteiger partial charge in [-0.2, -0.15) is 4.31 Å². The summed E-state index contributed by atoms with van der Waals surface area (Å²) in [6.45, 7) is 4.34. The van der Waals surface area contributed by atoms with Gasteiger partial charge in [0.25, 0.3) is 5.91 Å². The maximum absolute atomic E-state index is 13.3.